The molecule has 2 amide bonds. The van der Waals surface area contributed by atoms with E-state index in [1.165, 1.54) is 16.4 Å². The van der Waals surface area contributed by atoms with Gasteiger partial charge in [-0.1, -0.05) is 59.8 Å². The summed E-state index contributed by atoms with van der Waals surface area (Å²) >= 11 is 1.22. The first-order valence-corrected chi connectivity index (χ1v) is 10.5. The topological polar surface area (TPSA) is 102 Å². The Labute approximate surface area is 180 Å². The van der Waals surface area contributed by atoms with Crippen molar-refractivity contribution in [3.05, 3.63) is 65.4 Å². The molecule has 0 fully saturated rings. The Kier molecular flexibility index (Phi) is 6.79. The molecule has 0 radical (unpaired) electrons. The van der Waals surface area contributed by atoms with Crippen LogP contribution in [0.25, 0.3) is 11.3 Å². The van der Waals surface area contributed by atoms with Crippen LogP contribution >= 0.6 is 11.8 Å². The lowest BCUT2D eigenvalue weighted by Crippen LogP contribution is -2.34. The van der Waals surface area contributed by atoms with Crippen LogP contribution in [0.3, 0.4) is 0 Å². The summed E-state index contributed by atoms with van der Waals surface area (Å²) < 4.78 is 1.40. The first-order valence-electron chi connectivity index (χ1n) is 9.50. The maximum Gasteiger partial charge on any atom is 0.243 e. The second-order valence-electron chi connectivity index (χ2n) is 7.07. The van der Waals surface area contributed by atoms with Crippen molar-refractivity contribution in [3.8, 4) is 11.3 Å². The Morgan fingerprint density at radius 2 is 1.73 bits per heavy atom. The van der Waals surface area contributed by atoms with Gasteiger partial charge >= 0.3 is 0 Å². The minimum atomic E-state index is -0.268. The van der Waals surface area contributed by atoms with E-state index in [-0.39, 0.29) is 24.1 Å². The second kappa shape index (κ2) is 9.49. The molecule has 0 aliphatic carbocycles. The van der Waals surface area contributed by atoms with Crippen LogP contribution in [-0.2, 0) is 9.59 Å². The average Bonchev–Trinajstić information content (AvgIpc) is 3.09. The fourth-order valence-electron chi connectivity index (χ4n) is 3.15. The van der Waals surface area contributed by atoms with E-state index in [1.54, 1.807) is 6.20 Å². The molecule has 2 aromatic carbocycles. The van der Waals surface area contributed by atoms with Gasteiger partial charge in [-0.2, -0.15) is 0 Å². The van der Waals surface area contributed by atoms with Gasteiger partial charge in [0.05, 0.1) is 24.2 Å². The van der Waals surface area contributed by atoms with Gasteiger partial charge in [0.25, 0.3) is 0 Å². The average molecular weight is 424 g/mol. The smallest absolute Gasteiger partial charge is 0.243 e. The van der Waals surface area contributed by atoms with E-state index < -0.39 is 0 Å². The minimum Gasteiger partial charge on any atom is -0.346 e. The number of hydrogen-bond donors (Lipinski definition) is 3. The third-order valence-corrected chi connectivity index (χ3v) is 5.45. The van der Waals surface area contributed by atoms with Gasteiger partial charge in [-0.25, -0.2) is 9.66 Å². The van der Waals surface area contributed by atoms with Crippen molar-refractivity contribution in [2.75, 3.05) is 23.5 Å². The van der Waals surface area contributed by atoms with Gasteiger partial charge < -0.3 is 16.5 Å². The van der Waals surface area contributed by atoms with E-state index in [0.29, 0.717) is 5.16 Å². The van der Waals surface area contributed by atoms with Crippen molar-refractivity contribution in [1.82, 2.24) is 15.0 Å². The molecule has 0 unspecified atom stereocenters. The summed E-state index contributed by atoms with van der Waals surface area (Å²) in [5.41, 5.74) is 5.60. The molecule has 0 saturated heterocycles. The molecule has 1 heterocycles. The van der Waals surface area contributed by atoms with Crippen LogP contribution < -0.4 is 16.5 Å². The Balaban J connectivity index is 1.50. The Morgan fingerprint density at radius 3 is 2.40 bits per heavy atom. The molecule has 0 spiro atoms. The molecule has 7 nitrogen and oxygen atoms in total. The summed E-state index contributed by atoms with van der Waals surface area (Å²) in [6.45, 7) is 5.81. The fraction of sp³-hybridized carbons (Fsp3) is 0.227. The molecule has 0 aliphatic rings. The summed E-state index contributed by atoms with van der Waals surface area (Å²) in [7, 11) is 0. The molecule has 0 saturated carbocycles. The van der Waals surface area contributed by atoms with E-state index in [1.807, 2.05) is 63.2 Å². The predicted octanol–water partition coefficient (Wildman–Crippen LogP) is 3.04. The number of amides is 2. The number of anilines is 1. The third-order valence-electron chi connectivity index (χ3n) is 4.49. The van der Waals surface area contributed by atoms with Crippen molar-refractivity contribution in [3.63, 3.8) is 0 Å². The first kappa shape index (κ1) is 21.4. The molecule has 156 valence electrons. The summed E-state index contributed by atoms with van der Waals surface area (Å²) in [5.74, 6) is 5.52. The van der Waals surface area contributed by atoms with Crippen LogP contribution in [0, 0.1) is 20.8 Å². The fourth-order valence-corrected chi connectivity index (χ4v) is 3.88. The summed E-state index contributed by atoms with van der Waals surface area (Å²) in [6, 6.07) is 13.7. The molecule has 4 N–H and O–H groups in total. The number of imidazole rings is 1. The number of benzene rings is 2. The molecule has 0 aliphatic heterocycles. The van der Waals surface area contributed by atoms with Crippen LogP contribution in [0.1, 0.15) is 16.7 Å². The molecule has 3 aromatic rings. The molecular weight excluding hydrogens is 398 g/mol. The van der Waals surface area contributed by atoms with Crippen molar-refractivity contribution in [2.24, 2.45) is 0 Å². The van der Waals surface area contributed by atoms with Crippen LogP contribution in [0.4, 0.5) is 5.69 Å². The maximum absolute atomic E-state index is 12.2. The highest BCUT2D eigenvalue weighted by atomic mass is 32.2. The molecule has 1 aromatic heterocycles. The quantitative estimate of drug-likeness (QED) is 0.400. The first-order chi connectivity index (χ1) is 14.3. The molecule has 8 heteroatoms. The van der Waals surface area contributed by atoms with E-state index in [0.717, 1.165) is 33.6 Å². The lowest BCUT2D eigenvalue weighted by molar-refractivity contribution is -0.122. The highest BCUT2D eigenvalue weighted by Gasteiger charge is 2.13. The number of carbonyl (C=O) groups excluding carboxylic acids is 2. The highest BCUT2D eigenvalue weighted by Crippen LogP contribution is 2.23. The summed E-state index contributed by atoms with van der Waals surface area (Å²) in [4.78, 5) is 28.8. The Bertz CT molecular complexity index is 1040. The van der Waals surface area contributed by atoms with Crippen molar-refractivity contribution < 1.29 is 9.59 Å². The Morgan fingerprint density at radius 1 is 1.07 bits per heavy atom. The number of hydrogen-bond acceptors (Lipinski definition) is 5. The van der Waals surface area contributed by atoms with Crippen LogP contribution in [0.5, 0.6) is 0 Å². The zero-order valence-corrected chi connectivity index (χ0v) is 18.0. The summed E-state index contributed by atoms with van der Waals surface area (Å²) in [6.07, 6.45) is 1.72. The minimum absolute atomic E-state index is 0.0987. The summed E-state index contributed by atoms with van der Waals surface area (Å²) in [5, 5.41) is 6.03. The van der Waals surface area contributed by atoms with Gasteiger partial charge in [-0.05, 0) is 31.9 Å². The van der Waals surface area contributed by atoms with Crippen molar-refractivity contribution in [1.29, 1.82) is 0 Å². The molecule has 0 bridgehead atoms. The number of nitrogen functional groups attached to an aromatic ring is 1. The largest absolute Gasteiger partial charge is 0.346 e. The molecule has 30 heavy (non-hydrogen) atoms. The van der Waals surface area contributed by atoms with Gasteiger partial charge in [0.2, 0.25) is 11.8 Å². The molecule has 0 atom stereocenters. The number of carbonyl (C=O) groups is 2. The highest BCUT2D eigenvalue weighted by molar-refractivity contribution is 7.99. The maximum atomic E-state index is 12.2. The second-order valence-corrected chi connectivity index (χ2v) is 8.01. The number of rotatable bonds is 7. The number of nitrogens with two attached hydrogens (primary N) is 1. The SMILES string of the molecule is Cc1cc(C)c(NC(=O)CNC(=O)CSc2nc(-c3ccccc3)cn2N)c(C)c1. The van der Waals surface area contributed by atoms with Gasteiger partial charge in [-0.15, -0.1) is 0 Å². The zero-order chi connectivity index (χ0) is 21.7. The van der Waals surface area contributed by atoms with Gasteiger partial charge in [0.1, 0.15) is 0 Å². The predicted molar refractivity (Wildman–Crippen MR) is 121 cm³/mol. The van der Waals surface area contributed by atoms with E-state index in [9.17, 15) is 9.59 Å². The lowest BCUT2D eigenvalue weighted by atomic mass is 10.1. The van der Waals surface area contributed by atoms with Crippen LogP contribution in [0.2, 0.25) is 0 Å². The van der Waals surface area contributed by atoms with E-state index in [2.05, 4.69) is 15.6 Å². The molecular formula is C22H25N5O2S. The van der Waals surface area contributed by atoms with Crippen molar-refractivity contribution >= 4 is 29.3 Å². The Hall–Kier alpha value is -3.26. The zero-order valence-electron chi connectivity index (χ0n) is 17.2. The van der Waals surface area contributed by atoms with Gasteiger partial charge in [-0.3, -0.25) is 9.59 Å². The number of aryl methyl sites for hydroxylation is 3. The monoisotopic (exact) mass is 423 g/mol. The standard InChI is InChI=1S/C22H25N5O2S/c1-14-9-15(2)21(16(3)10-14)26-19(28)11-24-20(29)13-30-22-25-18(12-27(22)23)17-7-5-4-6-8-17/h4-10,12H,11,13,23H2,1-3H3,(H,24,29)(H,26,28). The number of nitrogens with one attached hydrogen (secondary N) is 2. The van der Waals surface area contributed by atoms with Crippen molar-refractivity contribution in [2.45, 2.75) is 25.9 Å². The third kappa shape index (κ3) is 5.42. The molecule has 3 rings (SSSR count). The lowest BCUT2D eigenvalue weighted by Gasteiger charge is -2.13. The van der Waals surface area contributed by atoms with E-state index in [4.69, 9.17) is 5.84 Å². The van der Waals surface area contributed by atoms with Crippen LogP contribution in [-0.4, -0.2) is 33.8 Å². The van der Waals surface area contributed by atoms with Gasteiger partial charge in [0.15, 0.2) is 5.16 Å². The van der Waals surface area contributed by atoms with Gasteiger partial charge in [0, 0.05) is 11.3 Å². The van der Waals surface area contributed by atoms with Crippen LogP contribution in [0.15, 0.2) is 53.8 Å². The normalized spacial score (nSPS) is 10.6. The number of aromatic nitrogens is 2. The number of thioether (sulfide) groups is 1. The van der Waals surface area contributed by atoms with E-state index >= 15 is 0 Å². The number of nitrogens with zero attached hydrogens (tertiary/aromatic N) is 2.